The monoisotopic (exact) mass is 194 g/mol. The van der Waals surface area contributed by atoms with Crippen LogP contribution >= 0.6 is 0 Å². The lowest BCUT2D eigenvalue weighted by Gasteiger charge is -2.23. The van der Waals surface area contributed by atoms with Gasteiger partial charge in [0.15, 0.2) is 0 Å². The van der Waals surface area contributed by atoms with E-state index in [4.69, 9.17) is 0 Å². The summed E-state index contributed by atoms with van der Waals surface area (Å²) >= 11 is 0. The van der Waals surface area contributed by atoms with Crippen LogP contribution in [0.1, 0.15) is 34.1 Å². The van der Waals surface area contributed by atoms with E-state index in [0.717, 1.165) is 24.3 Å². The van der Waals surface area contributed by atoms with Gasteiger partial charge in [0.1, 0.15) is 0 Å². The standard InChI is InChI=1S/C12H22N2/c1-10(2)7-12(11(3)4)8-14-6-5-13-9-14/h5-6,9-12H,7-8H2,1-4H3. The fourth-order valence-corrected chi connectivity index (χ4v) is 1.83. The van der Waals surface area contributed by atoms with Crippen LogP contribution in [-0.4, -0.2) is 9.55 Å². The molecule has 0 aliphatic rings. The van der Waals surface area contributed by atoms with E-state index in [9.17, 15) is 0 Å². The van der Waals surface area contributed by atoms with Gasteiger partial charge in [-0.25, -0.2) is 4.98 Å². The molecule has 1 unspecified atom stereocenters. The molecule has 0 bridgehead atoms. The van der Waals surface area contributed by atoms with Crippen LogP contribution in [0.2, 0.25) is 0 Å². The SMILES string of the molecule is CC(C)CC(Cn1ccnc1)C(C)C. The summed E-state index contributed by atoms with van der Waals surface area (Å²) in [5.41, 5.74) is 0. The number of rotatable bonds is 5. The molecule has 80 valence electrons. The van der Waals surface area contributed by atoms with Crippen molar-refractivity contribution >= 4 is 0 Å². The number of imidazole rings is 1. The lowest BCUT2D eigenvalue weighted by atomic mass is 9.87. The zero-order chi connectivity index (χ0) is 10.6. The summed E-state index contributed by atoms with van der Waals surface area (Å²) in [6, 6.07) is 0. The molecule has 0 spiro atoms. The van der Waals surface area contributed by atoms with E-state index >= 15 is 0 Å². The molecule has 0 aliphatic heterocycles. The molecule has 1 heterocycles. The molecule has 0 amide bonds. The van der Waals surface area contributed by atoms with E-state index < -0.39 is 0 Å². The van der Waals surface area contributed by atoms with E-state index in [1.54, 1.807) is 0 Å². The third-order valence-corrected chi connectivity index (χ3v) is 2.72. The molecule has 1 aromatic heterocycles. The maximum absolute atomic E-state index is 4.08. The van der Waals surface area contributed by atoms with Gasteiger partial charge in [-0.1, -0.05) is 27.7 Å². The van der Waals surface area contributed by atoms with Crippen molar-refractivity contribution in [2.45, 2.75) is 40.7 Å². The summed E-state index contributed by atoms with van der Waals surface area (Å²) in [5, 5.41) is 0. The summed E-state index contributed by atoms with van der Waals surface area (Å²) < 4.78 is 2.19. The van der Waals surface area contributed by atoms with Crippen molar-refractivity contribution in [1.82, 2.24) is 9.55 Å². The molecule has 1 atom stereocenters. The first kappa shape index (κ1) is 11.3. The van der Waals surface area contributed by atoms with Gasteiger partial charge in [-0.05, 0) is 24.2 Å². The van der Waals surface area contributed by atoms with E-state index in [2.05, 4.69) is 43.4 Å². The van der Waals surface area contributed by atoms with Gasteiger partial charge in [0.05, 0.1) is 6.33 Å². The minimum absolute atomic E-state index is 0.750. The van der Waals surface area contributed by atoms with Crippen molar-refractivity contribution in [1.29, 1.82) is 0 Å². The van der Waals surface area contributed by atoms with Crippen LogP contribution in [-0.2, 0) is 6.54 Å². The van der Waals surface area contributed by atoms with Crippen LogP contribution in [0.3, 0.4) is 0 Å². The smallest absolute Gasteiger partial charge is 0.0945 e. The zero-order valence-corrected chi connectivity index (χ0v) is 9.77. The highest BCUT2D eigenvalue weighted by atomic mass is 15.0. The highest BCUT2D eigenvalue weighted by molar-refractivity contribution is 4.77. The molecule has 0 N–H and O–H groups in total. The predicted octanol–water partition coefficient (Wildman–Crippen LogP) is 3.20. The number of hydrogen-bond acceptors (Lipinski definition) is 1. The van der Waals surface area contributed by atoms with Crippen LogP contribution in [0.15, 0.2) is 18.7 Å². The van der Waals surface area contributed by atoms with Crippen molar-refractivity contribution in [3.8, 4) is 0 Å². The first-order chi connectivity index (χ1) is 6.59. The van der Waals surface area contributed by atoms with Crippen molar-refractivity contribution in [3.05, 3.63) is 18.7 Å². The Morgan fingerprint density at radius 2 is 1.93 bits per heavy atom. The molecule has 1 aromatic rings. The average molecular weight is 194 g/mol. The molecule has 0 saturated heterocycles. The van der Waals surface area contributed by atoms with Crippen molar-refractivity contribution in [2.75, 3.05) is 0 Å². The van der Waals surface area contributed by atoms with Gasteiger partial charge in [0.25, 0.3) is 0 Å². The highest BCUT2D eigenvalue weighted by Crippen LogP contribution is 2.21. The summed E-state index contributed by atoms with van der Waals surface area (Å²) in [7, 11) is 0. The molecular weight excluding hydrogens is 172 g/mol. The fourth-order valence-electron chi connectivity index (χ4n) is 1.83. The molecular formula is C12H22N2. The van der Waals surface area contributed by atoms with Crippen molar-refractivity contribution in [2.24, 2.45) is 17.8 Å². The lowest BCUT2D eigenvalue weighted by Crippen LogP contribution is -2.17. The third-order valence-electron chi connectivity index (χ3n) is 2.72. The Morgan fingerprint density at radius 3 is 2.36 bits per heavy atom. The maximum Gasteiger partial charge on any atom is 0.0945 e. The first-order valence-corrected chi connectivity index (χ1v) is 5.55. The molecule has 2 nitrogen and oxygen atoms in total. The second-order valence-electron chi connectivity index (χ2n) is 4.89. The Kier molecular flexibility index (Phi) is 4.18. The van der Waals surface area contributed by atoms with Crippen molar-refractivity contribution in [3.63, 3.8) is 0 Å². The Balaban J connectivity index is 2.51. The van der Waals surface area contributed by atoms with Crippen molar-refractivity contribution < 1.29 is 0 Å². The molecule has 2 heteroatoms. The molecule has 1 rings (SSSR count). The Bertz CT molecular complexity index is 237. The Labute approximate surface area is 87.4 Å². The average Bonchev–Trinajstić information content (AvgIpc) is 2.54. The molecule has 0 aliphatic carbocycles. The lowest BCUT2D eigenvalue weighted by molar-refractivity contribution is 0.280. The van der Waals surface area contributed by atoms with Gasteiger partial charge < -0.3 is 4.57 Å². The zero-order valence-electron chi connectivity index (χ0n) is 9.77. The van der Waals surface area contributed by atoms with E-state index in [1.165, 1.54) is 6.42 Å². The number of nitrogens with zero attached hydrogens (tertiary/aromatic N) is 2. The van der Waals surface area contributed by atoms with Gasteiger partial charge in [-0.15, -0.1) is 0 Å². The second-order valence-corrected chi connectivity index (χ2v) is 4.89. The van der Waals surface area contributed by atoms with Gasteiger partial charge >= 0.3 is 0 Å². The van der Waals surface area contributed by atoms with Crippen LogP contribution in [0.4, 0.5) is 0 Å². The molecule has 0 saturated carbocycles. The van der Waals surface area contributed by atoms with Crippen LogP contribution in [0.5, 0.6) is 0 Å². The maximum atomic E-state index is 4.08. The summed E-state index contributed by atoms with van der Waals surface area (Å²) in [6.07, 6.45) is 7.12. The quantitative estimate of drug-likeness (QED) is 0.704. The van der Waals surface area contributed by atoms with Gasteiger partial charge in [0, 0.05) is 18.9 Å². The highest BCUT2D eigenvalue weighted by Gasteiger charge is 2.15. The summed E-state index contributed by atoms with van der Waals surface area (Å²) in [4.78, 5) is 4.08. The second kappa shape index (κ2) is 5.18. The molecule has 14 heavy (non-hydrogen) atoms. The summed E-state index contributed by atoms with van der Waals surface area (Å²) in [5.74, 6) is 2.30. The van der Waals surface area contributed by atoms with E-state index in [1.807, 2.05) is 12.5 Å². The normalized spacial score (nSPS) is 13.9. The van der Waals surface area contributed by atoms with Crippen LogP contribution < -0.4 is 0 Å². The number of hydrogen-bond donors (Lipinski definition) is 0. The van der Waals surface area contributed by atoms with Gasteiger partial charge in [-0.2, -0.15) is 0 Å². The predicted molar refractivity (Wildman–Crippen MR) is 60.0 cm³/mol. The molecule has 0 radical (unpaired) electrons. The Morgan fingerprint density at radius 1 is 1.21 bits per heavy atom. The minimum atomic E-state index is 0.750. The van der Waals surface area contributed by atoms with E-state index in [-0.39, 0.29) is 0 Å². The largest absolute Gasteiger partial charge is 0.337 e. The van der Waals surface area contributed by atoms with Gasteiger partial charge in [0.2, 0.25) is 0 Å². The van der Waals surface area contributed by atoms with E-state index in [0.29, 0.717) is 0 Å². The molecule has 0 fully saturated rings. The minimum Gasteiger partial charge on any atom is -0.337 e. The van der Waals surface area contributed by atoms with Crippen LogP contribution in [0, 0.1) is 17.8 Å². The summed E-state index contributed by atoms with van der Waals surface area (Å²) in [6.45, 7) is 10.3. The third kappa shape index (κ3) is 3.52. The fraction of sp³-hybridized carbons (Fsp3) is 0.750. The Hall–Kier alpha value is -0.790. The molecule has 0 aromatic carbocycles. The number of aromatic nitrogens is 2. The van der Waals surface area contributed by atoms with Crippen LogP contribution in [0.25, 0.3) is 0 Å². The first-order valence-electron chi connectivity index (χ1n) is 5.55. The topological polar surface area (TPSA) is 17.8 Å². The van der Waals surface area contributed by atoms with Gasteiger partial charge in [-0.3, -0.25) is 0 Å².